The van der Waals surface area contributed by atoms with E-state index in [1.54, 1.807) is 6.20 Å². The van der Waals surface area contributed by atoms with Crippen molar-refractivity contribution in [3.8, 4) is 5.75 Å². The van der Waals surface area contributed by atoms with Gasteiger partial charge < -0.3 is 10.1 Å². The van der Waals surface area contributed by atoms with Crippen LogP contribution in [0.2, 0.25) is 0 Å². The van der Waals surface area contributed by atoms with Gasteiger partial charge in [0.15, 0.2) is 0 Å². The van der Waals surface area contributed by atoms with Gasteiger partial charge in [0.25, 0.3) is 0 Å². The molecule has 4 heteroatoms. The van der Waals surface area contributed by atoms with E-state index in [0.29, 0.717) is 6.61 Å². The van der Waals surface area contributed by atoms with E-state index in [1.807, 2.05) is 25.1 Å². The van der Waals surface area contributed by atoms with Crippen LogP contribution in [0.15, 0.2) is 36.5 Å². The van der Waals surface area contributed by atoms with E-state index in [2.05, 4.69) is 27.6 Å². The number of rotatable bonds is 6. The van der Waals surface area contributed by atoms with Crippen molar-refractivity contribution < 1.29 is 4.74 Å². The number of aromatic nitrogens is 2. The fraction of sp³-hybridized carbons (Fsp3) is 0.308. The van der Waals surface area contributed by atoms with E-state index in [9.17, 15) is 0 Å². The first-order chi connectivity index (χ1) is 8.38. The second-order valence-electron chi connectivity index (χ2n) is 3.77. The predicted octanol–water partition coefficient (Wildman–Crippen LogP) is 2.10. The Morgan fingerprint density at radius 2 is 2.24 bits per heavy atom. The Kier molecular flexibility index (Phi) is 4.16. The minimum absolute atomic E-state index is 0.699. The van der Waals surface area contributed by atoms with E-state index >= 15 is 0 Å². The molecule has 0 spiro atoms. The second-order valence-corrected chi connectivity index (χ2v) is 3.77. The maximum atomic E-state index is 5.45. The van der Waals surface area contributed by atoms with Gasteiger partial charge in [-0.2, -0.15) is 5.10 Å². The van der Waals surface area contributed by atoms with E-state index < -0.39 is 0 Å². The lowest BCUT2D eigenvalue weighted by Gasteiger charge is -2.06. The Balaban J connectivity index is 1.84. The van der Waals surface area contributed by atoms with Crippen LogP contribution in [-0.2, 0) is 13.1 Å². The Morgan fingerprint density at radius 3 is 3.00 bits per heavy atom. The molecule has 0 saturated carbocycles. The average molecular weight is 231 g/mol. The Hall–Kier alpha value is -1.81. The number of hydrogen-bond acceptors (Lipinski definition) is 3. The molecule has 0 saturated heterocycles. The van der Waals surface area contributed by atoms with Crippen molar-refractivity contribution in [2.45, 2.75) is 20.0 Å². The Bertz CT molecular complexity index is 440. The number of ether oxygens (including phenoxy) is 1. The molecule has 0 bridgehead atoms. The first-order valence-corrected chi connectivity index (χ1v) is 5.79. The molecule has 0 aliphatic heterocycles. The topological polar surface area (TPSA) is 49.9 Å². The van der Waals surface area contributed by atoms with Gasteiger partial charge in [-0.15, -0.1) is 0 Å². The van der Waals surface area contributed by atoms with Crippen LogP contribution in [0.1, 0.15) is 18.2 Å². The van der Waals surface area contributed by atoms with Gasteiger partial charge in [0.1, 0.15) is 5.75 Å². The fourth-order valence-corrected chi connectivity index (χ4v) is 1.64. The monoisotopic (exact) mass is 231 g/mol. The van der Waals surface area contributed by atoms with Crippen molar-refractivity contribution in [2.75, 3.05) is 6.61 Å². The minimum Gasteiger partial charge on any atom is -0.494 e. The molecule has 0 atom stereocenters. The SMILES string of the molecule is CCOc1cccc(CNCc2ccn[nH]2)c1. The Labute approximate surface area is 101 Å². The molecule has 2 aromatic rings. The summed E-state index contributed by atoms with van der Waals surface area (Å²) >= 11 is 0. The highest BCUT2D eigenvalue weighted by molar-refractivity contribution is 5.28. The van der Waals surface area contributed by atoms with Gasteiger partial charge in [0, 0.05) is 25.0 Å². The highest BCUT2D eigenvalue weighted by Gasteiger charge is 1.97. The quantitative estimate of drug-likeness (QED) is 0.800. The summed E-state index contributed by atoms with van der Waals surface area (Å²) in [5, 5.41) is 10.2. The Morgan fingerprint density at radius 1 is 1.29 bits per heavy atom. The third kappa shape index (κ3) is 3.60. The summed E-state index contributed by atoms with van der Waals surface area (Å²) in [4.78, 5) is 0. The molecule has 0 amide bonds. The molecule has 0 aliphatic carbocycles. The maximum absolute atomic E-state index is 5.45. The zero-order chi connectivity index (χ0) is 11.9. The molecule has 0 aliphatic rings. The number of hydrogen-bond donors (Lipinski definition) is 2. The molecule has 17 heavy (non-hydrogen) atoms. The molecule has 2 N–H and O–H groups in total. The lowest BCUT2D eigenvalue weighted by atomic mass is 10.2. The molecule has 4 nitrogen and oxygen atoms in total. The first-order valence-electron chi connectivity index (χ1n) is 5.79. The highest BCUT2D eigenvalue weighted by atomic mass is 16.5. The van der Waals surface area contributed by atoms with E-state index in [0.717, 1.165) is 24.5 Å². The second kappa shape index (κ2) is 6.06. The van der Waals surface area contributed by atoms with Crippen LogP contribution in [0.4, 0.5) is 0 Å². The van der Waals surface area contributed by atoms with Crippen molar-refractivity contribution in [3.05, 3.63) is 47.8 Å². The molecule has 1 aromatic carbocycles. The van der Waals surface area contributed by atoms with Gasteiger partial charge in [0.05, 0.1) is 6.61 Å². The predicted molar refractivity (Wildman–Crippen MR) is 66.7 cm³/mol. The molecule has 2 rings (SSSR count). The van der Waals surface area contributed by atoms with Gasteiger partial charge in [0.2, 0.25) is 0 Å². The van der Waals surface area contributed by atoms with Crippen LogP contribution in [0.3, 0.4) is 0 Å². The molecule has 0 unspecified atom stereocenters. The molecule has 1 aromatic heterocycles. The minimum atomic E-state index is 0.699. The van der Waals surface area contributed by atoms with Gasteiger partial charge in [-0.25, -0.2) is 0 Å². The highest BCUT2D eigenvalue weighted by Crippen LogP contribution is 2.13. The zero-order valence-corrected chi connectivity index (χ0v) is 9.94. The van der Waals surface area contributed by atoms with E-state index in [1.165, 1.54) is 5.56 Å². The van der Waals surface area contributed by atoms with Gasteiger partial charge in [-0.1, -0.05) is 12.1 Å². The molecule has 1 heterocycles. The van der Waals surface area contributed by atoms with Crippen LogP contribution in [0.5, 0.6) is 5.75 Å². The maximum Gasteiger partial charge on any atom is 0.119 e. The number of H-pyrrole nitrogens is 1. The van der Waals surface area contributed by atoms with Crippen LogP contribution >= 0.6 is 0 Å². The van der Waals surface area contributed by atoms with Gasteiger partial charge >= 0.3 is 0 Å². The van der Waals surface area contributed by atoms with Crippen molar-refractivity contribution in [3.63, 3.8) is 0 Å². The fourth-order valence-electron chi connectivity index (χ4n) is 1.64. The zero-order valence-electron chi connectivity index (χ0n) is 9.94. The largest absolute Gasteiger partial charge is 0.494 e. The molecule has 90 valence electrons. The van der Waals surface area contributed by atoms with Gasteiger partial charge in [-0.05, 0) is 30.7 Å². The third-order valence-electron chi connectivity index (χ3n) is 2.41. The average Bonchev–Trinajstić information content (AvgIpc) is 2.83. The summed E-state index contributed by atoms with van der Waals surface area (Å²) in [7, 11) is 0. The van der Waals surface area contributed by atoms with Crippen LogP contribution in [0, 0.1) is 0 Å². The lowest BCUT2D eigenvalue weighted by molar-refractivity contribution is 0.340. The van der Waals surface area contributed by atoms with Crippen LogP contribution in [-0.4, -0.2) is 16.8 Å². The van der Waals surface area contributed by atoms with E-state index in [-0.39, 0.29) is 0 Å². The summed E-state index contributed by atoms with van der Waals surface area (Å²) in [6, 6.07) is 10.1. The standard InChI is InChI=1S/C13H17N3O/c1-2-17-13-5-3-4-11(8-13)9-14-10-12-6-7-15-16-12/h3-8,14H,2,9-10H2,1H3,(H,15,16). The molecule has 0 fully saturated rings. The first kappa shape index (κ1) is 11.7. The molecule has 0 radical (unpaired) electrons. The summed E-state index contributed by atoms with van der Waals surface area (Å²) in [6.07, 6.45) is 1.76. The summed E-state index contributed by atoms with van der Waals surface area (Å²) in [6.45, 7) is 4.30. The van der Waals surface area contributed by atoms with E-state index in [4.69, 9.17) is 4.74 Å². The van der Waals surface area contributed by atoms with Crippen molar-refractivity contribution in [1.82, 2.24) is 15.5 Å². The number of nitrogens with one attached hydrogen (secondary N) is 2. The summed E-state index contributed by atoms with van der Waals surface area (Å²) in [5.74, 6) is 0.924. The van der Waals surface area contributed by atoms with Crippen LogP contribution < -0.4 is 10.1 Å². The molecular weight excluding hydrogens is 214 g/mol. The number of nitrogens with zero attached hydrogens (tertiary/aromatic N) is 1. The molecular formula is C13H17N3O. The van der Waals surface area contributed by atoms with Crippen LogP contribution in [0.25, 0.3) is 0 Å². The number of benzene rings is 1. The van der Waals surface area contributed by atoms with Crippen molar-refractivity contribution >= 4 is 0 Å². The van der Waals surface area contributed by atoms with Crippen molar-refractivity contribution in [2.24, 2.45) is 0 Å². The van der Waals surface area contributed by atoms with Crippen molar-refractivity contribution in [1.29, 1.82) is 0 Å². The number of aromatic amines is 1. The smallest absolute Gasteiger partial charge is 0.119 e. The summed E-state index contributed by atoms with van der Waals surface area (Å²) in [5.41, 5.74) is 2.31. The normalized spacial score (nSPS) is 10.4. The van der Waals surface area contributed by atoms with Gasteiger partial charge in [-0.3, -0.25) is 5.10 Å². The lowest BCUT2D eigenvalue weighted by Crippen LogP contribution is -2.13. The summed E-state index contributed by atoms with van der Waals surface area (Å²) < 4.78 is 5.45. The third-order valence-corrected chi connectivity index (χ3v) is 2.41.